The molecule has 1 aromatic heterocycles. The van der Waals surface area contributed by atoms with E-state index in [1.54, 1.807) is 0 Å². The van der Waals surface area contributed by atoms with Gasteiger partial charge in [0, 0.05) is 12.0 Å². The van der Waals surface area contributed by atoms with Crippen molar-refractivity contribution in [2.45, 2.75) is 97.4 Å². The van der Waals surface area contributed by atoms with Crippen molar-refractivity contribution in [3.63, 3.8) is 0 Å². The number of nitrogens with zero attached hydrogens (tertiary/aromatic N) is 4. The Balaban J connectivity index is 1.28. The number of hydrogen-bond donors (Lipinski definition) is 1. The average Bonchev–Trinajstić information content (AvgIpc) is 3.31. The number of fused-ring (bicyclic) bond motifs is 2. The Labute approximate surface area is 224 Å². The van der Waals surface area contributed by atoms with E-state index >= 15 is 0 Å². The van der Waals surface area contributed by atoms with Crippen LogP contribution < -0.4 is 10.1 Å². The number of benzene rings is 1. The average molecular weight is 522 g/mol. The summed E-state index contributed by atoms with van der Waals surface area (Å²) in [4.78, 5) is 37.3. The molecule has 5 atom stereocenters. The summed E-state index contributed by atoms with van der Waals surface area (Å²) in [7, 11) is 0. The number of piperidine rings is 1. The van der Waals surface area contributed by atoms with Crippen molar-refractivity contribution < 1.29 is 19.1 Å². The third-order valence-corrected chi connectivity index (χ3v) is 8.82. The SMILES string of the molecule is Cc1cccc(OCc2cn(C3(C)CC4CC(C)CC(C)(C4)C3)nn2)c1CN(C=O)C1CCC(=O)NC1=O. The van der Waals surface area contributed by atoms with Gasteiger partial charge in [0.05, 0.1) is 18.3 Å². The third kappa shape index (κ3) is 5.33. The van der Waals surface area contributed by atoms with Crippen LogP contribution in [0.3, 0.4) is 0 Å². The molecule has 2 bridgehead atoms. The first-order chi connectivity index (χ1) is 18.1. The highest BCUT2D eigenvalue weighted by molar-refractivity contribution is 6.00. The maximum atomic E-state index is 12.4. The Morgan fingerprint density at radius 1 is 1.24 bits per heavy atom. The van der Waals surface area contributed by atoms with Crippen molar-refractivity contribution in [1.82, 2.24) is 25.2 Å². The quantitative estimate of drug-likeness (QED) is 0.417. The van der Waals surface area contributed by atoms with E-state index in [0.717, 1.165) is 41.5 Å². The van der Waals surface area contributed by atoms with Crippen molar-refractivity contribution in [1.29, 1.82) is 0 Å². The number of amides is 3. The lowest BCUT2D eigenvalue weighted by atomic mass is 9.55. The molecule has 204 valence electrons. The summed E-state index contributed by atoms with van der Waals surface area (Å²) in [5.41, 5.74) is 2.83. The molecule has 1 saturated heterocycles. The summed E-state index contributed by atoms with van der Waals surface area (Å²) in [6.45, 7) is 9.55. The highest BCUT2D eigenvalue weighted by atomic mass is 16.5. The fourth-order valence-electron chi connectivity index (χ4n) is 7.64. The van der Waals surface area contributed by atoms with Crippen LogP contribution >= 0.6 is 0 Å². The number of carbonyl (C=O) groups is 3. The van der Waals surface area contributed by atoms with Gasteiger partial charge in [0.25, 0.3) is 0 Å². The number of carbonyl (C=O) groups excluding carboxylic acids is 3. The molecule has 5 rings (SSSR count). The van der Waals surface area contributed by atoms with Gasteiger partial charge in [-0.05, 0) is 81.3 Å². The van der Waals surface area contributed by atoms with Gasteiger partial charge in [-0.1, -0.05) is 31.2 Å². The number of imide groups is 1. The van der Waals surface area contributed by atoms with Crippen LogP contribution in [0.25, 0.3) is 0 Å². The highest BCUT2D eigenvalue weighted by Gasteiger charge is 2.48. The van der Waals surface area contributed by atoms with Gasteiger partial charge in [-0.15, -0.1) is 5.10 Å². The molecule has 9 heteroatoms. The topological polar surface area (TPSA) is 106 Å². The molecular weight excluding hydrogens is 482 g/mol. The predicted molar refractivity (Wildman–Crippen MR) is 141 cm³/mol. The zero-order valence-electron chi connectivity index (χ0n) is 22.9. The summed E-state index contributed by atoms with van der Waals surface area (Å²) in [5, 5.41) is 11.3. The van der Waals surface area contributed by atoms with Gasteiger partial charge in [0.15, 0.2) is 0 Å². The van der Waals surface area contributed by atoms with Crippen LogP contribution in [0.15, 0.2) is 24.4 Å². The van der Waals surface area contributed by atoms with Crippen molar-refractivity contribution in [3.05, 3.63) is 41.2 Å². The zero-order chi connectivity index (χ0) is 27.1. The first kappa shape index (κ1) is 26.4. The normalized spacial score (nSPS) is 31.0. The van der Waals surface area contributed by atoms with E-state index < -0.39 is 11.9 Å². The summed E-state index contributed by atoms with van der Waals surface area (Å²) in [6.07, 6.45) is 9.32. The van der Waals surface area contributed by atoms with Crippen LogP contribution in [0.4, 0.5) is 0 Å². The standard InChI is InChI=1S/C29H39N5O4/c1-19-10-21-12-28(3,11-19)17-29(4,13-21)34-14-22(31-32-34)16-38-25-7-5-6-20(2)23(25)15-33(18-35)24-8-9-26(36)30-27(24)37/h5-7,14,18-19,21,24H,8-13,15-17H2,1-4H3,(H,30,36,37). The van der Waals surface area contributed by atoms with Gasteiger partial charge in [-0.2, -0.15) is 0 Å². The zero-order valence-corrected chi connectivity index (χ0v) is 22.9. The predicted octanol–water partition coefficient (Wildman–Crippen LogP) is 3.88. The van der Waals surface area contributed by atoms with Crippen molar-refractivity contribution in [2.75, 3.05) is 0 Å². The molecule has 1 N–H and O–H groups in total. The molecular formula is C29H39N5O4. The van der Waals surface area contributed by atoms with Crippen LogP contribution in [-0.2, 0) is 33.1 Å². The second-order valence-electron chi connectivity index (χ2n) is 12.5. The minimum Gasteiger partial charge on any atom is -0.487 e. The monoisotopic (exact) mass is 521 g/mol. The molecule has 1 aromatic carbocycles. The van der Waals surface area contributed by atoms with Gasteiger partial charge in [-0.3, -0.25) is 19.7 Å². The molecule has 2 aromatic rings. The number of ether oxygens (including phenoxy) is 1. The lowest BCUT2D eigenvalue weighted by molar-refractivity contribution is -0.141. The molecule has 0 spiro atoms. The molecule has 2 aliphatic carbocycles. The minimum atomic E-state index is -0.682. The lowest BCUT2D eigenvalue weighted by Gasteiger charge is -2.52. The van der Waals surface area contributed by atoms with E-state index in [1.165, 1.54) is 24.2 Å². The Bertz CT molecular complexity index is 1220. The number of hydrogen-bond acceptors (Lipinski definition) is 6. The molecule has 3 aliphatic rings. The molecule has 0 radical (unpaired) electrons. The minimum absolute atomic E-state index is 0.0516. The number of aromatic nitrogens is 3. The molecule has 1 aliphatic heterocycles. The highest BCUT2D eigenvalue weighted by Crippen LogP contribution is 2.55. The molecule has 3 amide bonds. The van der Waals surface area contributed by atoms with Crippen molar-refractivity contribution in [3.8, 4) is 5.75 Å². The number of rotatable bonds is 8. The summed E-state index contributed by atoms with van der Waals surface area (Å²) < 4.78 is 8.27. The Hall–Kier alpha value is -3.23. The van der Waals surface area contributed by atoms with Crippen molar-refractivity contribution >= 4 is 18.2 Å². The third-order valence-electron chi connectivity index (χ3n) is 8.82. The van der Waals surface area contributed by atoms with Crippen LogP contribution in [0.5, 0.6) is 5.75 Å². The first-order valence-corrected chi connectivity index (χ1v) is 13.8. The largest absolute Gasteiger partial charge is 0.487 e. The van der Waals surface area contributed by atoms with Crippen LogP contribution in [0.1, 0.15) is 82.5 Å². The molecule has 9 nitrogen and oxygen atoms in total. The van der Waals surface area contributed by atoms with E-state index in [0.29, 0.717) is 24.0 Å². The second kappa shape index (κ2) is 10.2. The smallest absolute Gasteiger partial charge is 0.249 e. The van der Waals surface area contributed by atoms with E-state index in [4.69, 9.17) is 4.74 Å². The first-order valence-electron chi connectivity index (χ1n) is 13.8. The Morgan fingerprint density at radius 3 is 2.79 bits per heavy atom. The van der Waals surface area contributed by atoms with E-state index in [-0.39, 0.29) is 31.0 Å². The van der Waals surface area contributed by atoms with Crippen LogP contribution in [-0.4, -0.2) is 44.2 Å². The fourth-order valence-corrected chi connectivity index (χ4v) is 7.64. The van der Waals surface area contributed by atoms with Crippen LogP contribution in [0.2, 0.25) is 0 Å². The van der Waals surface area contributed by atoms with Crippen molar-refractivity contribution in [2.24, 2.45) is 17.3 Å². The van der Waals surface area contributed by atoms with Crippen LogP contribution in [0, 0.1) is 24.2 Å². The summed E-state index contributed by atoms with van der Waals surface area (Å²) >= 11 is 0. The summed E-state index contributed by atoms with van der Waals surface area (Å²) in [5.74, 6) is 1.41. The number of aryl methyl sites for hydroxylation is 1. The maximum absolute atomic E-state index is 12.4. The summed E-state index contributed by atoms with van der Waals surface area (Å²) in [6, 6.07) is 5.05. The maximum Gasteiger partial charge on any atom is 0.249 e. The fraction of sp³-hybridized carbons (Fsp3) is 0.621. The van der Waals surface area contributed by atoms with Gasteiger partial charge in [0.1, 0.15) is 24.1 Å². The van der Waals surface area contributed by atoms with Gasteiger partial charge in [0.2, 0.25) is 18.2 Å². The van der Waals surface area contributed by atoms with E-state index in [1.807, 2.05) is 31.3 Å². The van der Waals surface area contributed by atoms with Gasteiger partial charge < -0.3 is 9.64 Å². The van der Waals surface area contributed by atoms with E-state index in [2.05, 4.69) is 41.1 Å². The van der Waals surface area contributed by atoms with Gasteiger partial charge in [-0.25, -0.2) is 4.68 Å². The molecule has 38 heavy (non-hydrogen) atoms. The lowest BCUT2D eigenvalue weighted by Crippen LogP contribution is -2.51. The molecule has 5 unspecified atom stereocenters. The Morgan fingerprint density at radius 2 is 2.05 bits per heavy atom. The number of nitrogens with one attached hydrogen (secondary N) is 1. The molecule has 3 fully saturated rings. The Kier molecular flexibility index (Phi) is 7.05. The second-order valence-corrected chi connectivity index (χ2v) is 12.5. The van der Waals surface area contributed by atoms with E-state index in [9.17, 15) is 14.4 Å². The molecule has 2 saturated carbocycles. The molecule has 2 heterocycles. The van der Waals surface area contributed by atoms with Gasteiger partial charge >= 0.3 is 0 Å².